The van der Waals surface area contributed by atoms with Crippen molar-refractivity contribution in [1.82, 2.24) is 15.8 Å². The van der Waals surface area contributed by atoms with E-state index < -0.39 is 48.4 Å². The minimum absolute atomic E-state index is 0.0175. The van der Waals surface area contributed by atoms with Gasteiger partial charge in [0.15, 0.2) is 18.1 Å². The number of rotatable bonds is 11. The van der Waals surface area contributed by atoms with Gasteiger partial charge in [-0.15, -0.1) is 0 Å². The molecule has 0 aliphatic heterocycles. The van der Waals surface area contributed by atoms with Crippen LogP contribution >= 0.6 is 0 Å². The Labute approximate surface area is 275 Å². The number of carbonyl (C=O) groups excluding carboxylic acids is 3. The fourth-order valence-electron chi connectivity index (χ4n) is 3.64. The number of hydrogen-bond acceptors (Lipinski definition) is 9. The third kappa shape index (κ3) is 11.1. The SMILES string of the molecule is COc1cc(C(Nc2ccc(C(=N)N)cc2)C(=O)NNC(=O)c2ccccc2C(=O)O)c(F)cc1OCC(=O)N(C)C.O=C(O)C(F)(F)F. The van der Waals surface area contributed by atoms with Gasteiger partial charge in [0.05, 0.1) is 18.2 Å². The van der Waals surface area contributed by atoms with Crippen molar-refractivity contribution in [3.8, 4) is 11.5 Å². The van der Waals surface area contributed by atoms with Gasteiger partial charge in [-0.25, -0.2) is 14.0 Å². The summed E-state index contributed by atoms with van der Waals surface area (Å²) in [4.78, 5) is 59.7. The van der Waals surface area contributed by atoms with E-state index in [1.807, 2.05) is 0 Å². The molecule has 3 aromatic rings. The third-order valence-electron chi connectivity index (χ3n) is 6.16. The molecule has 19 heteroatoms. The van der Waals surface area contributed by atoms with Crippen LogP contribution in [0.4, 0.5) is 23.2 Å². The summed E-state index contributed by atoms with van der Waals surface area (Å²) in [6.07, 6.45) is -5.08. The molecular formula is C30H30F4N6O9. The van der Waals surface area contributed by atoms with E-state index in [0.717, 1.165) is 6.07 Å². The average molecular weight is 695 g/mol. The summed E-state index contributed by atoms with van der Waals surface area (Å²) in [6, 6.07) is 12.1. The van der Waals surface area contributed by atoms with Crippen LogP contribution in [-0.2, 0) is 14.4 Å². The van der Waals surface area contributed by atoms with E-state index in [0.29, 0.717) is 11.3 Å². The number of anilines is 1. The van der Waals surface area contributed by atoms with E-state index in [1.54, 1.807) is 0 Å². The third-order valence-corrected chi connectivity index (χ3v) is 6.16. The molecule has 15 nitrogen and oxygen atoms in total. The average Bonchev–Trinajstić information content (AvgIpc) is 3.04. The van der Waals surface area contributed by atoms with Crippen molar-refractivity contribution in [2.75, 3.05) is 33.1 Å². The molecule has 0 saturated heterocycles. The highest BCUT2D eigenvalue weighted by molar-refractivity contribution is 6.05. The number of alkyl halides is 3. The number of carboxylic acid groups (broad SMARTS) is 2. The van der Waals surface area contributed by atoms with Crippen LogP contribution in [0.25, 0.3) is 0 Å². The van der Waals surface area contributed by atoms with E-state index in [1.165, 1.54) is 80.7 Å². The maximum absolute atomic E-state index is 15.5. The summed E-state index contributed by atoms with van der Waals surface area (Å²) in [5.41, 5.74) is 9.86. The largest absolute Gasteiger partial charge is 0.493 e. The van der Waals surface area contributed by atoms with Crippen LogP contribution in [0.2, 0.25) is 0 Å². The van der Waals surface area contributed by atoms with Crippen LogP contribution < -0.4 is 31.4 Å². The van der Waals surface area contributed by atoms with Gasteiger partial charge in [0.25, 0.3) is 17.7 Å². The van der Waals surface area contributed by atoms with E-state index in [2.05, 4.69) is 16.2 Å². The van der Waals surface area contributed by atoms with Crippen molar-refractivity contribution in [3.05, 3.63) is 88.7 Å². The lowest BCUT2D eigenvalue weighted by atomic mass is 10.0. The second kappa shape index (κ2) is 17.0. The Balaban J connectivity index is 0.00000107. The Hall–Kier alpha value is -6.40. The lowest BCUT2D eigenvalue weighted by Crippen LogP contribution is -2.46. The Morgan fingerprint density at radius 2 is 1.51 bits per heavy atom. The van der Waals surface area contributed by atoms with Gasteiger partial charge >= 0.3 is 18.1 Å². The van der Waals surface area contributed by atoms with Crippen LogP contribution in [0.5, 0.6) is 11.5 Å². The van der Waals surface area contributed by atoms with E-state index in [-0.39, 0.29) is 39.9 Å². The number of methoxy groups -OCH3 is 1. The zero-order chi connectivity index (χ0) is 37.1. The van der Waals surface area contributed by atoms with Crippen molar-refractivity contribution in [2.24, 2.45) is 5.73 Å². The first-order valence-electron chi connectivity index (χ1n) is 13.5. The monoisotopic (exact) mass is 694 g/mol. The van der Waals surface area contributed by atoms with Crippen molar-refractivity contribution in [2.45, 2.75) is 12.2 Å². The molecule has 0 radical (unpaired) electrons. The zero-order valence-electron chi connectivity index (χ0n) is 25.8. The standard InChI is InChI=1S/C28H29FN6O7.C2HF3O2/c1-35(2)23(36)14-42-22-13-20(29)19(12-21(22)41-3)24(32-16-10-8-15(9-11-16)25(30)31)27(38)34-33-26(37)17-6-4-5-7-18(17)28(39)40;3-2(4,5)1(6)7/h4-13,24,32H,14H2,1-3H3,(H3,30,31)(H,33,37)(H,34,38)(H,39,40);(H,6,7). The number of benzene rings is 3. The smallest absolute Gasteiger partial charge is 0.490 e. The number of nitrogens with two attached hydrogens (primary N) is 1. The first-order chi connectivity index (χ1) is 22.9. The first kappa shape index (κ1) is 38.8. The lowest BCUT2D eigenvalue weighted by molar-refractivity contribution is -0.192. The molecule has 8 N–H and O–H groups in total. The summed E-state index contributed by atoms with van der Waals surface area (Å²) in [7, 11) is 4.35. The molecule has 3 rings (SSSR count). The van der Waals surface area contributed by atoms with Crippen LogP contribution in [0.3, 0.4) is 0 Å². The molecule has 0 aromatic heterocycles. The number of hydrogen-bond donors (Lipinski definition) is 7. The lowest BCUT2D eigenvalue weighted by Gasteiger charge is -2.22. The molecule has 49 heavy (non-hydrogen) atoms. The molecule has 1 unspecified atom stereocenters. The number of aromatic carboxylic acids is 1. The fourth-order valence-corrected chi connectivity index (χ4v) is 3.64. The highest BCUT2D eigenvalue weighted by Gasteiger charge is 2.38. The van der Waals surface area contributed by atoms with E-state index in [4.69, 9.17) is 30.5 Å². The number of nitrogen functional groups attached to an aromatic ring is 1. The number of carboxylic acids is 2. The van der Waals surface area contributed by atoms with Crippen molar-refractivity contribution < 1.29 is 61.2 Å². The number of nitrogens with zero attached hydrogens (tertiary/aromatic N) is 1. The van der Waals surface area contributed by atoms with Gasteiger partial charge in [-0.2, -0.15) is 13.2 Å². The quantitative estimate of drug-likeness (QED) is 0.0667. The molecule has 0 fully saturated rings. The van der Waals surface area contributed by atoms with Gasteiger partial charge in [-0.3, -0.25) is 30.6 Å². The number of halogens is 4. The Bertz CT molecular complexity index is 1720. The molecule has 0 aliphatic rings. The summed E-state index contributed by atoms with van der Waals surface area (Å²) in [5, 5.41) is 26.9. The molecule has 0 heterocycles. The summed E-state index contributed by atoms with van der Waals surface area (Å²) < 4.78 is 58.0. The summed E-state index contributed by atoms with van der Waals surface area (Å²) in [5.74, 6) is -7.48. The second-order valence-electron chi connectivity index (χ2n) is 9.77. The molecule has 0 spiro atoms. The predicted octanol–water partition coefficient (Wildman–Crippen LogP) is 2.53. The number of nitrogens with one attached hydrogen (secondary N) is 4. The topological polar surface area (TPSA) is 233 Å². The maximum Gasteiger partial charge on any atom is 0.490 e. The molecule has 0 aliphatic carbocycles. The molecule has 0 saturated carbocycles. The molecule has 262 valence electrons. The number of hydrazine groups is 1. The van der Waals surface area contributed by atoms with Crippen molar-refractivity contribution in [3.63, 3.8) is 0 Å². The van der Waals surface area contributed by atoms with Gasteiger partial charge in [0, 0.05) is 37.0 Å². The number of amides is 3. The summed E-state index contributed by atoms with van der Waals surface area (Å²) in [6.45, 7) is -0.392. The zero-order valence-corrected chi connectivity index (χ0v) is 25.8. The highest BCUT2D eigenvalue weighted by Crippen LogP contribution is 2.34. The summed E-state index contributed by atoms with van der Waals surface area (Å²) >= 11 is 0. The van der Waals surface area contributed by atoms with Crippen LogP contribution in [0.1, 0.15) is 37.9 Å². The molecule has 3 aromatic carbocycles. The number of ether oxygens (including phenoxy) is 2. The molecule has 3 amide bonds. The molecular weight excluding hydrogens is 664 g/mol. The van der Waals surface area contributed by atoms with E-state index >= 15 is 4.39 Å². The van der Waals surface area contributed by atoms with Crippen LogP contribution in [0, 0.1) is 11.2 Å². The van der Waals surface area contributed by atoms with Crippen LogP contribution in [-0.4, -0.2) is 84.6 Å². The van der Waals surface area contributed by atoms with Gasteiger partial charge in [-0.1, -0.05) is 12.1 Å². The van der Waals surface area contributed by atoms with Gasteiger partial charge < -0.3 is 35.6 Å². The minimum atomic E-state index is -5.08. The predicted molar refractivity (Wildman–Crippen MR) is 164 cm³/mol. The number of likely N-dealkylation sites (N-methyl/N-ethyl adjacent to an activating group) is 1. The highest BCUT2D eigenvalue weighted by atomic mass is 19.4. The van der Waals surface area contributed by atoms with Gasteiger partial charge in [0.2, 0.25) is 0 Å². The van der Waals surface area contributed by atoms with Crippen molar-refractivity contribution in [1.29, 1.82) is 5.41 Å². The van der Waals surface area contributed by atoms with Crippen LogP contribution in [0.15, 0.2) is 60.7 Å². The number of amidine groups is 1. The molecule has 1 atom stereocenters. The van der Waals surface area contributed by atoms with Gasteiger partial charge in [-0.05, 0) is 42.5 Å². The fraction of sp³-hybridized carbons (Fsp3) is 0.200. The number of carbonyl (C=O) groups is 5. The minimum Gasteiger partial charge on any atom is -0.493 e. The Morgan fingerprint density at radius 1 is 0.939 bits per heavy atom. The Morgan fingerprint density at radius 3 is 2.00 bits per heavy atom. The second-order valence-corrected chi connectivity index (χ2v) is 9.77. The normalized spacial score (nSPS) is 11.1. The first-order valence-corrected chi connectivity index (χ1v) is 13.5. The maximum atomic E-state index is 15.5. The number of aliphatic carboxylic acids is 1. The van der Waals surface area contributed by atoms with E-state index in [9.17, 15) is 37.5 Å². The Kier molecular flexibility index (Phi) is 13.4. The molecule has 0 bridgehead atoms. The van der Waals surface area contributed by atoms with Crippen molar-refractivity contribution >= 4 is 41.2 Å². The van der Waals surface area contributed by atoms with Gasteiger partial charge in [0.1, 0.15) is 17.7 Å².